The van der Waals surface area contributed by atoms with E-state index in [0.29, 0.717) is 12.1 Å². The van der Waals surface area contributed by atoms with Crippen LogP contribution in [-0.2, 0) is 5.41 Å². The van der Waals surface area contributed by atoms with Gasteiger partial charge in [-0.1, -0.05) is 54.8 Å². The summed E-state index contributed by atoms with van der Waals surface area (Å²) in [4.78, 5) is 16.5. The highest BCUT2D eigenvalue weighted by molar-refractivity contribution is 9.10. The van der Waals surface area contributed by atoms with Gasteiger partial charge in [-0.15, -0.1) is 0 Å². The second kappa shape index (κ2) is 7.02. The lowest BCUT2D eigenvalue weighted by atomic mass is 9.79. The molecule has 1 aromatic carbocycles. The molecule has 1 amide bonds. The van der Waals surface area contributed by atoms with Crippen molar-refractivity contribution in [2.45, 2.75) is 31.1 Å². The lowest BCUT2D eigenvalue weighted by Crippen LogP contribution is -2.39. The van der Waals surface area contributed by atoms with E-state index in [1.165, 1.54) is 18.4 Å². The molecule has 1 N–H and O–H groups in total. The number of amides is 1. The highest BCUT2D eigenvalue weighted by atomic mass is 79.9. The summed E-state index contributed by atoms with van der Waals surface area (Å²) in [6, 6.07) is 12.2. The molecule has 1 aliphatic carbocycles. The number of nitrogens with zero attached hydrogens (tertiary/aromatic N) is 1. The minimum atomic E-state index is -0.175. The number of hydrogen-bond donors (Lipinski definition) is 1. The average Bonchev–Trinajstić information content (AvgIpc) is 3.06. The van der Waals surface area contributed by atoms with Gasteiger partial charge in [0.2, 0.25) is 0 Å². The van der Waals surface area contributed by atoms with Crippen molar-refractivity contribution in [3.63, 3.8) is 0 Å². The summed E-state index contributed by atoms with van der Waals surface area (Å²) >= 11 is 9.37. The van der Waals surface area contributed by atoms with Gasteiger partial charge >= 0.3 is 0 Å². The van der Waals surface area contributed by atoms with Crippen LogP contribution in [0.4, 0.5) is 0 Å². The number of aromatic nitrogens is 1. The van der Waals surface area contributed by atoms with Gasteiger partial charge in [0.15, 0.2) is 0 Å². The Kier molecular flexibility index (Phi) is 5.02. The van der Waals surface area contributed by atoms with Gasteiger partial charge in [-0.05, 0) is 40.4 Å². The zero-order chi connectivity index (χ0) is 16.3. The van der Waals surface area contributed by atoms with E-state index >= 15 is 0 Å². The van der Waals surface area contributed by atoms with E-state index in [4.69, 9.17) is 11.6 Å². The molecule has 0 unspecified atom stereocenters. The molecule has 5 heteroatoms. The van der Waals surface area contributed by atoms with Crippen LogP contribution in [-0.4, -0.2) is 17.4 Å². The van der Waals surface area contributed by atoms with Crippen LogP contribution in [0.1, 0.15) is 41.6 Å². The fraction of sp³-hybridized carbons (Fsp3) is 0.333. The Labute approximate surface area is 149 Å². The third kappa shape index (κ3) is 3.59. The van der Waals surface area contributed by atoms with Crippen molar-refractivity contribution in [1.82, 2.24) is 10.3 Å². The van der Waals surface area contributed by atoms with Gasteiger partial charge in [0, 0.05) is 22.6 Å². The Morgan fingerprint density at radius 1 is 1.26 bits per heavy atom. The van der Waals surface area contributed by atoms with Crippen molar-refractivity contribution in [2.75, 3.05) is 6.54 Å². The number of hydrogen-bond acceptors (Lipinski definition) is 2. The van der Waals surface area contributed by atoms with Crippen LogP contribution in [0, 0.1) is 0 Å². The molecule has 1 heterocycles. The van der Waals surface area contributed by atoms with Crippen molar-refractivity contribution >= 4 is 33.4 Å². The van der Waals surface area contributed by atoms with E-state index in [-0.39, 0.29) is 16.5 Å². The second-order valence-electron chi connectivity index (χ2n) is 6.03. The Morgan fingerprint density at radius 2 is 1.96 bits per heavy atom. The molecule has 0 bridgehead atoms. The zero-order valence-electron chi connectivity index (χ0n) is 12.7. The van der Waals surface area contributed by atoms with E-state index < -0.39 is 0 Å². The van der Waals surface area contributed by atoms with Crippen LogP contribution in [0.15, 0.2) is 47.1 Å². The van der Waals surface area contributed by atoms with Gasteiger partial charge in [0.1, 0.15) is 5.15 Å². The molecule has 0 aliphatic heterocycles. The Balaban J connectivity index is 1.77. The summed E-state index contributed by atoms with van der Waals surface area (Å²) in [5.74, 6) is -0.175. The van der Waals surface area contributed by atoms with Crippen LogP contribution < -0.4 is 5.32 Å². The van der Waals surface area contributed by atoms with Gasteiger partial charge in [-0.25, -0.2) is 4.98 Å². The van der Waals surface area contributed by atoms with Crippen molar-refractivity contribution < 1.29 is 4.79 Å². The van der Waals surface area contributed by atoms with E-state index in [2.05, 4.69) is 50.5 Å². The summed E-state index contributed by atoms with van der Waals surface area (Å²) in [7, 11) is 0. The maximum Gasteiger partial charge on any atom is 0.254 e. The number of carbonyl (C=O) groups excluding carboxylic acids is 1. The summed E-state index contributed by atoms with van der Waals surface area (Å²) in [6.07, 6.45) is 6.18. The fourth-order valence-electron chi connectivity index (χ4n) is 3.34. The van der Waals surface area contributed by atoms with Crippen LogP contribution >= 0.6 is 27.5 Å². The highest BCUT2D eigenvalue weighted by Gasteiger charge is 2.35. The first-order valence-corrected chi connectivity index (χ1v) is 8.93. The largest absolute Gasteiger partial charge is 0.351 e. The molecule has 0 atom stereocenters. The predicted octanol–water partition coefficient (Wildman–Crippen LogP) is 4.74. The minimum absolute atomic E-state index is 0.0306. The first-order valence-electron chi connectivity index (χ1n) is 7.75. The van der Waals surface area contributed by atoms with Gasteiger partial charge < -0.3 is 5.32 Å². The van der Waals surface area contributed by atoms with Crippen LogP contribution in [0.25, 0.3) is 0 Å². The SMILES string of the molecule is O=C(NCC1(c2ccccc2)CCCC1)c1cc(Br)cnc1Cl. The molecule has 3 nitrogen and oxygen atoms in total. The quantitative estimate of drug-likeness (QED) is 0.762. The van der Waals surface area contributed by atoms with Gasteiger partial charge in [0.25, 0.3) is 5.91 Å². The highest BCUT2D eigenvalue weighted by Crippen LogP contribution is 2.40. The molecule has 0 spiro atoms. The van der Waals surface area contributed by atoms with E-state index in [9.17, 15) is 4.79 Å². The molecule has 1 aromatic heterocycles. The minimum Gasteiger partial charge on any atom is -0.351 e. The first-order chi connectivity index (χ1) is 11.1. The topological polar surface area (TPSA) is 42.0 Å². The standard InChI is InChI=1S/C18H18BrClN2O/c19-14-10-15(16(20)21-11-14)17(23)22-12-18(8-4-5-9-18)13-6-2-1-3-7-13/h1-3,6-7,10-11H,4-5,8-9,12H2,(H,22,23). The molecule has 3 rings (SSSR count). The fourth-order valence-corrected chi connectivity index (χ4v) is 3.86. The lowest BCUT2D eigenvalue weighted by molar-refractivity contribution is 0.0943. The maximum atomic E-state index is 12.5. The van der Waals surface area contributed by atoms with E-state index in [1.807, 2.05) is 6.07 Å². The third-order valence-electron chi connectivity index (χ3n) is 4.58. The monoisotopic (exact) mass is 392 g/mol. The summed E-state index contributed by atoms with van der Waals surface area (Å²) in [5.41, 5.74) is 1.74. The number of carbonyl (C=O) groups is 1. The number of benzene rings is 1. The molecule has 23 heavy (non-hydrogen) atoms. The molecular formula is C18H18BrClN2O. The van der Waals surface area contributed by atoms with Crippen LogP contribution in [0.2, 0.25) is 5.15 Å². The molecule has 0 saturated heterocycles. The van der Waals surface area contributed by atoms with E-state index in [0.717, 1.165) is 17.3 Å². The smallest absolute Gasteiger partial charge is 0.254 e. The molecule has 1 fully saturated rings. The number of halogens is 2. The Morgan fingerprint density at radius 3 is 2.65 bits per heavy atom. The molecule has 1 aliphatic rings. The Hall–Kier alpha value is -1.39. The first kappa shape index (κ1) is 16.5. The second-order valence-corrected chi connectivity index (χ2v) is 7.30. The molecule has 120 valence electrons. The molecule has 2 aromatic rings. The number of rotatable bonds is 4. The number of pyridine rings is 1. The molecular weight excluding hydrogens is 376 g/mol. The summed E-state index contributed by atoms with van der Waals surface area (Å²) < 4.78 is 0.741. The maximum absolute atomic E-state index is 12.5. The van der Waals surface area contributed by atoms with E-state index in [1.54, 1.807) is 12.3 Å². The predicted molar refractivity (Wildman–Crippen MR) is 95.9 cm³/mol. The molecule has 0 radical (unpaired) electrons. The van der Waals surface area contributed by atoms with Crippen LogP contribution in [0.5, 0.6) is 0 Å². The van der Waals surface area contributed by atoms with Crippen molar-refractivity contribution in [2.24, 2.45) is 0 Å². The van der Waals surface area contributed by atoms with Gasteiger partial charge in [-0.2, -0.15) is 0 Å². The average molecular weight is 394 g/mol. The van der Waals surface area contributed by atoms with Gasteiger partial charge in [0.05, 0.1) is 5.56 Å². The summed E-state index contributed by atoms with van der Waals surface area (Å²) in [6.45, 7) is 0.624. The number of nitrogens with one attached hydrogen (secondary N) is 1. The zero-order valence-corrected chi connectivity index (χ0v) is 15.0. The third-order valence-corrected chi connectivity index (χ3v) is 5.32. The Bertz CT molecular complexity index is 699. The van der Waals surface area contributed by atoms with Crippen molar-refractivity contribution in [3.05, 3.63) is 63.3 Å². The lowest BCUT2D eigenvalue weighted by Gasteiger charge is -2.30. The van der Waals surface area contributed by atoms with Crippen LogP contribution in [0.3, 0.4) is 0 Å². The van der Waals surface area contributed by atoms with Crippen molar-refractivity contribution in [1.29, 1.82) is 0 Å². The van der Waals surface area contributed by atoms with Crippen molar-refractivity contribution in [3.8, 4) is 0 Å². The summed E-state index contributed by atoms with van der Waals surface area (Å²) in [5, 5.41) is 3.29. The molecule has 1 saturated carbocycles. The normalized spacial score (nSPS) is 16.3. The van der Waals surface area contributed by atoms with Gasteiger partial charge in [-0.3, -0.25) is 4.79 Å².